The summed E-state index contributed by atoms with van der Waals surface area (Å²) >= 11 is 6.41. The molecular weight excluding hydrogens is 476 g/mol. The minimum absolute atomic E-state index is 0.00446. The van der Waals surface area contributed by atoms with Crippen molar-refractivity contribution >= 4 is 82.8 Å². The summed E-state index contributed by atoms with van der Waals surface area (Å²) in [6, 6.07) is 2.99. The summed E-state index contributed by atoms with van der Waals surface area (Å²) in [6.07, 6.45) is -2.45. The number of hydrogen-bond acceptors (Lipinski definition) is 5. The number of furan rings is 1. The lowest BCUT2D eigenvalue weighted by Crippen LogP contribution is -2.39. The van der Waals surface area contributed by atoms with E-state index in [1.165, 1.54) is 19.1 Å². The Morgan fingerprint density at radius 1 is 0.926 bits per heavy atom. The molecule has 2 unspecified atom stereocenters. The van der Waals surface area contributed by atoms with Crippen LogP contribution in [0.1, 0.15) is 36.0 Å². The van der Waals surface area contributed by atoms with Crippen LogP contribution in [0.5, 0.6) is 11.5 Å². The molecule has 0 fully saturated rings. The fourth-order valence-electron chi connectivity index (χ4n) is 2.91. The predicted molar refractivity (Wildman–Crippen MR) is 112 cm³/mol. The highest BCUT2D eigenvalue weighted by Gasteiger charge is 2.29. The van der Waals surface area contributed by atoms with E-state index < -0.39 is 18.0 Å². The molecule has 0 saturated carbocycles. The Balaban J connectivity index is 2.38. The van der Waals surface area contributed by atoms with Gasteiger partial charge in [0.1, 0.15) is 58.6 Å². The number of hydrogen-bond donors (Lipinski definition) is 4. The summed E-state index contributed by atoms with van der Waals surface area (Å²) in [4.78, 5) is 0. The third-order valence-corrected chi connectivity index (χ3v) is 5.51. The molecule has 0 saturated heterocycles. The number of aromatic hydroxyl groups is 2. The number of benzene rings is 2. The van der Waals surface area contributed by atoms with Gasteiger partial charge in [0.05, 0.1) is 14.3 Å². The van der Waals surface area contributed by atoms with E-state index in [1.807, 2.05) is 0 Å². The van der Waals surface area contributed by atoms with Crippen molar-refractivity contribution < 1.29 is 24.8 Å². The van der Waals surface area contributed by atoms with E-state index >= 15 is 0 Å². The molecule has 5 nitrogen and oxygen atoms in total. The average molecular weight is 488 g/mol. The molecule has 10 heteroatoms. The van der Waals surface area contributed by atoms with Crippen LogP contribution in [0.15, 0.2) is 25.5 Å². The topological polar surface area (TPSA) is 94.1 Å². The zero-order chi connectivity index (χ0) is 20.2. The van der Waals surface area contributed by atoms with Gasteiger partial charge in [-0.3, -0.25) is 0 Å². The molecule has 0 bridgehead atoms. The normalized spacial score (nSPS) is 13.8. The molecule has 3 aromatic rings. The maximum Gasteiger partial charge on any atom is 0.143 e. The molecule has 1 heterocycles. The van der Waals surface area contributed by atoms with Crippen molar-refractivity contribution in [3.63, 3.8) is 0 Å². The van der Waals surface area contributed by atoms with Gasteiger partial charge in [-0.1, -0.05) is 10.9 Å². The first-order valence-corrected chi connectivity index (χ1v) is 9.30. The summed E-state index contributed by atoms with van der Waals surface area (Å²) < 4.78 is 6.31. The van der Waals surface area contributed by atoms with E-state index in [1.54, 1.807) is 0 Å². The Morgan fingerprint density at radius 2 is 1.48 bits per heavy atom. The van der Waals surface area contributed by atoms with Crippen molar-refractivity contribution in [2.24, 2.45) is 0 Å². The van der Waals surface area contributed by atoms with Gasteiger partial charge in [0.25, 0.3) is 0 Å². The van der Waals surface area contributed by atoms with Gasteiger partial charge in [-0.15, -0.1) is 5.46 Å². The Bertz CT molecular complexity index is 1040. The Kier molecular flexibility index (Phi) is 5.47. The third-order valence-electron chi connectivity index (χ3n) is 4.30. The highest BCUT2D eigenvalue weighted by Crippen LogP contribution is 2.42. The maximum absolute atomic E-state index is 11.0. The minimum atomic E-state index is -1.34. The van der Waals surface area contributed by atoms with E-state index in [9.17, 15) is 20.4 Å². The fraction of sp³-hybridized carbons (Fsp3) is 0.176. The monoisotopic (exact) mass is 486 g/mol. The molecular formula is C17H11B3Br2O5. The second-order valence-electron chi connectivity index (χ2n) is 6.09. The van der Waals surface area contributed by atoms with Gasteiger partial charge in [-0.25, -0.2) is 0 Å². The van der Waals surface area contributed by atoms with Crippen LogP contribution in [0.3, 0.4) is 0 Å². The first kappa shape index (κ1) is 20.4. The molecule has 0 aliphatic carbocycles. The molecule has 132 valence electrons. The number of phenols is 2. The van der Waals surface area contributed by atoms with Gasteiger partial charge in [0, 0.05) is 5.56 Å². The van der Waals surface area contributed by atoms with Gasteiger partial charge in [0.2, 0.25) is 0 Å². The van der Waals surface area contributed by atoms with Gasteiger partial charge in [-0.05, 0) is 56.5 Å². The molecule has 0 amide bonds. The highest BCUT2D eigenvalue weighted by molar-refractivity contribution is 9.11. The second-order valence-corrected chi connectivity index (χ2v) is 7.79. The van der Waals surface area contributed by atoms with Crippen molar-refractivity contribution in [3.8, 4) is 11.5 Å². The molecule has 27 heavy (non-hydrogen) atoms. The lowest BCUT2D eigenvalue weighted by molar-refractivity contribution is 0.160. The molecule has 0 aliphatic rings. The number of rotatable bonds is 3. The van der Waals surface area contributed by atoms with Crippen LogP contribution < -0.4 is 16.4 Å². The van der Waals surface area contributed by atoms with E-state index in [-0.39, 0.29) is 44.4 Å². The third kappa shape index (κ3) is 3.22. The van der Waals surface area contributed by atoms with Crippen LogP contribution in [0.2, 0.25) is 0 Å². The van der Waals surface area contributed by atoms with Gasteiger partial charge in [-0.2, -0.15) is 0 Å². The van der Waals surface area contributed by atoms with Crippen LogP contribution in [0.4, 0.5) is 0 Å². The maximum atomic E-state index is 11.0. The van der Waals surface area contributed by atoms with Crippen molar-refractivity contribution in [2.75, 3.05) is 0 Å². The fourth-order valence-corrected chi connectivity index (χ4v) is 4.13. The predicted octanol–water partition coefficient (Wildman–Crippen LogP) is 0.885. The molecule has 2 aromatic carbocycles. The van der Waals surface area contributed by atoms with Crippen molar-refractivity contribution in [1.29, 1.82) is 0 Å². The van der Waals surface area contributed by atoms with Crippen LogP contribution in [0.25, 0.3) is 11.0 Å². The molecule has 4 N–H and O–H groups in total. The van der Waals surface area contributed by atoms with Gasteiger partial charge in [0.15, 0.2) is 0 Å². The number of aliphatic hydroxyl groups is 2. The number of aliphatic hydroxyl groups excluding tert-OH is 2. The zero-order valence-corrected chi connectivity index (χ0v) is 17.2. The van der Waals surface area contributed by atoms with Crippen LogP contribution >= 0.6 is 31.9 Å². The van der Waals surface area contributed by atoms with E-state index in [2.05, 4.69) is 31.9 Å². The molecule has 2 atom stereocenters. The molecule has 3 rings (SSSR count). The van der Waals surface area contributed by atoms with Crippen LogP contribution in [0, 0.1) is 0 Å². The van der Waals surface area contributed by atoms with Crippen LogP contribution in [-0.4, -0.2) is 44.0 Å². The number of halogens is 2. The smallest absolute Gasteiger partial charge is 0.143 e. The molecule has 0 spiro atoms. The van der Waals surface area contributed by atoms with E-state index in [0.717, 1.165) is 0 Å². The summed E-state index contributed by atoms with van der Waals surface area (Å²) in [6.45, 7) is 1.44. The number of phenolic OH excluding ortho intramolecular Hbond substituents is 2. The quantitative estimate of drug-likeness (QED) is 0.412. The van der Waals surface area contributed by atoms with E-state index in [4.69, 9.17) is 28.0 Å². The van der Waals surface area contributed by atoms with Gasteiger partial charge >= 0.3 is 0 Å². The Labute approximate surface area is 175 Å². The van der Waals surface area contributed by atoms with Crippen molar-refractivity contribution in [1.82, 2.24) is 0 Å². The average Bonchev–Trinajstić information content (AvgIpc) is 3.02. The highest BCUT2D eigenvalue weighted by atomic mass is 79.9. The largest absolute Gasteiger partial charge is 0.508 e. The Hall–Kier alpha value is -1.35. The molecule has 1 aromatic heterocycles. The van der Waals surface area contributed by atoms with Gasteiger partial charge < -0.3 is 24.8 Å². The van der Waals surface area contributed by atoms with Crippen LogP contribution in [-0.2, 0) is 0 Å². The SMILES string of the molecule is [B]c1c([B])c(O)c2c(C(O)c3cc(Br)c(O)c(Br)c3)c(C(C)O)oc2c1[B]. The zero-order valence-electron chi connectivity index (χ0n) is 14.0. The first-order valence-electron chi connectivity index (χ1n) is 7.71. The standard InChI is InChI=1S/C17H11B3Br2O5/c1-4(23)16-8(13(24)5-2-6(21)14(25)7(22)3-5)9-15(26)11(19)10(18)12(20)17(9)27-16/h2-4,13,23-26H,1H3. The summed E-state index contributed by atoms with van der Waals surface area (Å²) in [7, 11) is 17.6. The minimum Gasteiger partial charge on any atom is -0.508 e. The summed E-state index contributed by atoms with van der Waals surface area (Å²) in [5.74, 6) is -0.439. The first-order chi connectivity index (χ1) is 12.6. The van der Waals surface area contributed by atoms with Crippen molar-refractivity contribution in [3.05, 3.63) is 38.0 Å². The summed E-state index contributed by atoms with van der Waals surface area (Å²) in [5, 5.41) is 41.6. The lowest BCUT2D eigenvalue weighted by Gasteiger charge is -2.16. The Morgan fingerprint density at radius 3 is 2.00 bits per heavy atom. The van der Waals surface area contributed by atoms with Crippen molar-refractivity contribution in [2.45, 2.75) is 19.1 Å². The second kappa shape index (κ2) is 7.24. The van der Waals surface area contributed by atoms with E-state index in [0.29, 0.717) is 14.5 Å². The summed E-state index contributed by atoms with van der Waals surface area (Å²) in [5.41, 5.74) is 0.251. The number of fused-ring (bicyclic) bond motifs is 1. The molecule has 6 radical (unpaired) electrons. The lowest BCUT2D eigenvalue weighted by atomic mass is 9.70. The molecule has 0 aliphatic heterocycles.